The van der Waals surface area contributed by atoms with E-state index in [2.05, 4.69) is 10.3 Å². The van der Waals surface area contributed by atoms with Crippen LogP contribution in [0.5, 0.6) is 5.75 Å². The summed E-state index contributed by atoms with van der Waals surface area (Å²) >= 11 is 0. The van der Waals surface area contributed by atoms with Gasteiger partial charge in [0.25, 0.3) is 11.5 Å². The summed E-state index contributed by atoms with van der Waals surface area (Å²) in [6.07, 6.45) is 0. The Labute approximate surface area is 145 Å². The fraction of sp³-hybridized carbons (Fsp3) is 0.100. The summed E-state index contributed by atoms with van der Waals surface area (Å²) < 4.78 is 5.09. The van der Waals surface area contributed by atoms with Gasteiger partial charge >= 0.3 is 0 Å². The number of rotatable bonds is 5. The molecular weight excluding hydrogens is 316 g/mol. The van der Waals surface area contributed by atoms with Crippen molar-refractivity contribution < 1.29 is 9.53 Å². The highest BCUT2D eigenvalue weighted by Gasteiger charge is 2.11. The number of carbonyl (C=O) groups excluding carboxylic acids is 1. The summed E-state index contributed by atoms with van der Waals surface area (Å²) in [6, 6.07) is 20.1. The molecule has 126 valence electrons. The van der Waals surface area contributed by atoms with E-state index >= 15 is 0 Å². The van der Waals surface area contributed by atoms with Crippen LogP contribution >= 0.6 is 0 Å². The Kier molecular flexibility index (Phi) is 4.95. The maximum atomic E-state index is 12.3. The Balaban J connectivity index is 1.70. The number of aromatic amines is 1. The van der Waals surface area contributed by atoms with E-state index in [1.807, 2.05) is 54.6 Å². The van der Waals surface area contributed by atoms with Gasteiger partial charge in [0.05, 0.1) is 7.11 Å². The van der Waals surface area contributed by atoms with E-state index in [4.69, 9.17) is 4.74 Å². The fourth-order valence-corrected chi connectivity index (χ4v) is 2.46. The van der Waals surface area contributed by atoms with E-state index in [-0.39, 0.29) is 5.56 Å². The predicted octanol–water partition coefficient (Wildman–Crippen LogP) is 2.98. The number of nitrogens with one attached hydrogen (secondary N) is 2. The summed E-state index contributed by atoms with van der Waals surface area (Å²) in [7, 11) is 1.60. The van der Waals surface area contributed by atoms with Crippen LogP contribution in [0.15, 0.2) is 71.5 Å². The Morgan fingerprint density at radius 1 is 1.00 bits per heavy atom. The molecule has 5 nitrogen and oxygen atoms in total. The lowest BCUT2D eigenvalue weighted by Crippen LogP contribution is -2.29. The first kappa shape index (κ1) is 16.5. The van der Waals surface area contributed by atoms with Crippen molar-refractivity contribution in [2.75, 3.05) is 7.11 Å². The Morgan fingerprint density at radius 2 is 1.72 bits per heavy atom. The van der Waals surface area contributed by atoms with Gasteiger partial charge in [0.15, 0.2) is 0 Å². The van der Waals surface area contributed by atoms with Crippen molar-refractivity contribution in [2.24, 2.45) is 0 Å². The first-order valence-electron chi connectivity index (χ1n) is 7.87. The molecule has 1 heterocycles. The standard InChI is InChI=1S/C20H18N2O3/c1-25-16-9-7-14(8-10-16)13-21-19(23)17-11-12-18(22-20(17)24)15-5-3-2-4-6-15/h2-12H,13H2,1H3,(H,21,23)(H,22,24). The molecule has 0 aliphatic rings. The molecule has 2 N–H and O–H groups in total. The van der Waals surface area contributed by atoms with Crippen LogP contribution < -0.4 is 15.6 Å². The molecule has 0 saturated heterocycles. The molecular formula is C20H18N2O3. The molecule has 1 amide bonds. The van der Waals surface area contributed by atoms with Crippen molar-refractivity contribution in [3.8, 4) is 17.0 Å². The van der Waals surface area contributed by atoms with Crippen LogP contribution in [0.25, 0.3) is 11.3 Å². The number of benzene rings is 2. The largest absolute Gasteiger partial charge is 0.497 e. The van der Waals surface area contributed by atoms with Gasteiger partial charge in [-0.3, -0.25) is 9.59 Å². The summed E-state index contributed by atoms with van der Waals surface area (Å²) in [5.41, 5.74) is 2.18. The molecule has 1 aromatic heterocycles. The van der Waals surface area contributed by atoms with Crippen LogP contribution in [-0.2, 0) is 6.54 Å². The van der Waals surface area contributed by atoms with E-state index < -0.39 is 11.5 Å². The molecule has 2 aromatic carbocycles. The first-order valence-corrected chi connectivity index (χ1v) is 7.87. The number of carbonyl (C=O) groups is 1. The molecule has 3 rings (SSSR count). The van der Waals surface area contributed by atoms with E-state index in [0.29, 0.717) is 12.2 Å². The summed E-state index contributed by atoms with van der Waals surface area (Å²) in [4.78, 5) is 27.2. The van der Waals surface area contributed by atoms with Gasteiger partial charge < -0.3 is 15.0 Å². The highest BCUT2D eigenvalue weighted by atomic mass is 16.5. The molecule has 0 saturated carbocycles. The first-order chi connectivity index (χ1) is 12.2. The van der Waals surface area contributed by atoms with E-state index in [1.54, 1.807) is 19.2 Å². The second-order valence-corrected chi connectivity index (χ2v) is 5.51. The fourth-order valence-electron chi connectivity index (χ4n) is 2.46. The lowest BCUT2D eigenvalue weighted by molar-refractivity contribution is 0.0949. The highest BCUT2D eigenvalue weighted by molar-refractivity contribution is 5.94. The van der Waals surface area contributed by atoms with Crippen molar-refractivity contribution >= 4 is 5.91 Å². The third-order valence-electron chi connectivity index (χ3n) is 3.85. The number of aromatic nitrogens is 1. The zero-order valence-corrected chi connectivity index (χ0v) is 13.8. The number of methoxy groups -OCH3 is 1. The Morgan fingerprint density at radius 3 is 2.36 bits per heavy atom. The number of H-pyrrole nitrogens is 1. The molecule has 0 aliphatic heterocycles. The van der Waals surface area contributed by atoms with Gasteiger partial charge in [-0.2, -0.15) is 0 Å². The van der Waals surface area contributed by atoms with Crippen LogP contribution in [0.4, 0.5) is 0 Å². The normalized spacial score (nSPS) is 10.3. The molecule has 0 spiro atoms. The minimum atomic E-state index is -0.409. The number of amides is 1. The SMILES string of the molecule is COc1ccc(CNC(=O)c2ccc(-c3ccccc3)[nH]c2=O)cc1. The minimum Gasteiger partial charge on any atom is -0.497 e. The molecule has 25 heavy (non-hydrogen) atoms. The monoisotopic (exact) mass is 334 g/mol. The van der Waals surface area contributed by atoms with Crippen molar-refractivity contribution in [3.63, 3.8) is 0 Å². The van der Waals surface area contributed by atoms with Gasteiger partial charge in [-0.05, 0) is 35.4 Å². The lowest BCUT2D eigenvalue weighted by Gasteiger charge is -2.07. The maximum Gasteiger partial charge on any atom is 0.261 e. The maximum absolute atomic E-state index is 12.3. The van der Waals surface area contributed by atoms with Crippen LogP contribution in [0, 0.1) is 0 Å². The topological polar surface area (TPSA) is 71.2 Å². The molecule has 0 bridgehead atoms. The van der Waals surface area contributed by atoms with Crippen LogP contribution in [0.3, 0.4) is 0 Å². The molecule has 0 unspecified atom stereocenters. The van der Waals surface area contributed by atoms with Crippen LogP contribution in [0.2, 0.25) is 0 Å². The second kappa shape index (κ2) is 7.49. The van der Waals surface area contributed by atoms with Crippen molar-refractivity contribution in [3.05, 3.63) is 88.2 Å². The molecule has 5 heteroatoms. The lowest BCUT2D eigenvalue weighted by atomic mass is 10.1. The van der Waals surface area contributed by atoms with Gasteiger partial charge in [0.1, 0.15) is 11.3 Å². The summed E-state index contributed by atoms with van der Waals surface area (Å²) in [5.74, 6) is 0.347. The van der Waals surface area contributed by atoms with Crippen molar-refractivity contribution in [1.29, 1.82) is 0 Å². The van der Waals surface area contributed by atoms with Crippen LogP contribution in [0.1, 0.15) is 15.9 Å². The van der Waals surface area contributed by atoms with E-state index in [1.165, 1.54) is 0 Å². The third-order valence-corrected chi connectivity index (χ3v) is 3.85. The van der Waals surface area contributed by atoms with E-state index in [0.717, 1.165) is 16.9 Å². The second-order valence-electron chi connectivity index (χ2n) is 5.51. The highest BCUT2D eigenvalue weighted by Crippen LogP contribution is 2.15. The Hall–Kier alpha value is -3.34. The van der Waals surface area contributed by atoms with Gasteiger partial charge in [0.2, 0.25) is 0 Å². The predicted molar refractivity (Wildman–Crippen MR) is 96.7 cm³/mol. The van der Waals surface area contributed by atoms with Crippen molar-refractivity contribution in [2.45, 2.75) is 6.54 Å². The number of hydrogen-bond acceptors (Lipinski definition) is 3. The Bertz CT molecular complexity index is 916. The number of hydrogen-bond donors (Lipinski definition) is 2. The molecule has 0 atom stereocenters. The smallest absolute Gasteiger partial charge is 0.261 e. The molecule has 0 radical (unpaired) electrons. The van der Waals surface area contributed by atoms with E-state index in [9.17, 15) is 9.59 Å². The van der Waals surface area contributed by atoms with Gasteiger partial charge in [0, 0.05) is 12.2 Å². The summed E-state index contributed by atoms with van der Waals surface area (Å²) in [5, 5.41) is 2.75. The quantitative estimate of drug-likeness (QED) is 0.753. The molecule has 3 aromatic rings. The third kappa shape index (κ3) is 3.95. The van der Waals surface area contributed by atoms with Crippen LogP contribution in [-0.4, -0.2) is 18.0 Å². The van der Waals surface area contributed by atoms with Crippen molar-refractivity contribution in [1.82, 2.24) is 10.3 Å². The molecule has 0 fully saturated rings. The average Bonchev–Trinajstić information content (AvgIpc) is 2.67. The van der Waals surface area contributed by atoms with Gasteiger partial charge in [-0.15, -0.1) is 0 Å². The zero-order chi connectivity index (χ0) is 17.6. The summed E-state index contributed by atoms with van der Waals surface area (Å²) in [6.45, 7) is 0.336. The minimum absolute atomic E-state index is 0.0909. The number of pyridine rings is 1. The molecule has 0 aliphatic carbocycles. The average molecular weight is 334 g/mol. The van der Waals surface area contributed by atoms with Gasteiger partial charge in [-0.25, -0.2) is 0 Å². The van der Waals surface area contributed by atoms with Gasteiger partial charge in [-0.1, -0.05) is 42.5 Å². The zero-order valence-electron chi connectivity index (χ0n) is 13.8. The number of ether oxygens (including phenoxy) is 1.